The molecule has 234 valence electrons. The molecule has 6 rings (SSSR count). The minimum atomic E-state index is -3.99. The maximum atomic E-state index is 13.8. The van der Waals surface area contributed by atoms with Crippen LogP contribution in [0.3, 0.4) is 0 Å². The number of unbranched alkanes of at least 4 members (excludes halogenated alkanes) is 1. The average molecular weight is 619 g/mol. The van der Waals surface area contributed by atoms with Gasteiger partial charge in [-0.25, -0.2) is 8.42 Å². The summed E-state index contributed by atoms with van der Waals surface area (Å²) in [5.74, 6) is 2.35. The Balaban J connectivity index is 1.33. The Labute approximate surface area is 260 Å². The third kappa shape index (κ3) is 6.19. The predicted molar refractivity (Wildman–Crippen MR) is 170 cm³/mol. The van der Waals surface area contributed by atoms with Crippen LogP contribution in [0.4, 0.5) is 5.82 Å². The van der Waals surface area contributed by atoms with Crippen molar-refractivity contribution < 1.29 is 22.5 Å². The first-order valence-electron chi connectivity index (χ1n) is 15.9. The van der Waals surface area contributed by atoms with E-state index in [9.17, 15) is 13.2 Å². The maximum Gasteiger partial charge on any atom is 0.263 e. The molecule has 2 heterocycles. The number of benzene rings is 2. The lowest BCUT2D eigenvalue weighted by Crippen LogP contribution is -2.40. The van der Waals surface area contributed by atoms with Crippen LogP contribution in [-0.4, -0.2) is 42.4 Å². The first-order valence-corrected chi connectivity index (χ1v) is 17.3. The number of nitrogens with zero attached hydrogens (tertiary/aromatic N) is 3. The second-order valence-corrected chi connectivity index (χ2v) is 14.2. The zero-order chi connectivity index (χ0) is 30.9. The van der Waals surface area contributed by atoms with E-state index in [0.29, 0.717) is 42.6 Å². The molecule has 3 aliphatic rings. The summed E-state index contributed by atoms with van der Waals surface area (Å²) in [6.45, 7) is 7.12. The normalized spacial score (nSPS) is 17.9. The molecule has 1 aliphatic heterocycles. The van der Waals surface area contributed by atoms with Gasteiger partial charge in [-0.3, -0.25) is 19.4 Å². The number of amidine groups is 1. The molecule has 0 bridgehead atoms. The number of hydrogen-bond donors (Lipinski definition) is 1. The van der Waals surface area contributed by atoms with Gasteiger partial charge < -0.3 is 9.26 Å². The Morgan fingerprint density at radius 2 is 1.86 bits per heavy atom. The number of nitrogens with one attached hydrogen (secondary N) is 1. The standard InChI is InChI=1S/C34H42N4O5S/c1-4-5-12-31-35-34(17-8-9-18-34)33(39)38(31)20-26-15-16-28(27(19-26)22-42-21-25-13-14-25)29-10-6-7-11-30(29)44(40,41)37-32-23(2)24(3)43-36-32/h6-7,10-11,15-16,19,25H,4-5,8-9,12-14,17-18,20-22H2,1-3H3,(H,36,37). The summed E-state index contributed by atoms with van der Waals surface area (Å²) in [6, 6.07) is 13.0. The number of aromatic nitrogens is 1. The topological polar surface area (TPSA) is 114 Å². The smallest absolute Gasteiger partial charge is 0.263 e. The van der Waals surface area contributed by atoms with E-state index >= 15 is 0 Å². The molecule has 9 nitrogen and oxygen atoms in total. The highest BCUT2D eigenvalue weighted by Crippen LogP contribution is 2.41. The van der Waals surface area contributed by atoms with Crippen molar-refractivity contribution in [3.8, 4) is 11.1 Å². The highest BCUT2D eigenvalue weighted by atomic mass is 32.2. The number of hydrogen-bond acceptors (Lipinski definition) is 7. The molecular weight excluding hydrogens is 576 g/mol. The van der Waals surface area contributed by atoms with Crippen LogP contribution in [0.15, 0.2) is 56.9 Å². The van der Waals surface area contributed by atoms with Gasteiger partial charge >= 0.3 is 0 Å². The van der Waals surface area contributed by atoms with E-state index in [0.717, 1.165) is 67.5 Å². The summed E-state index contributed by atoms with van der Waals surface area (Å²) in [4.78, 5) is 20.8. The van der Waals surface area contributed by atoms with Crippen molar-refractivity contribution in [3.05, 3.63) is 64.9 Å². The quantitative estimate of drug-likeness (QED) is 0.222. The van der Waals surface area contributed by atoms with Gasteiger partial charge in [0.2, 0.25) is 0 Å². The van der Waals surface area contributed by atoms with Gasteiger partial charge in [-0.2, -0.15) is 0 Å². The Morgan fingerprint density at radius 3 is 2.57 bits per heavy atom. The van der Waals surface area contributed by atoms with Gasteiger partial charge in [0.15, 0.2) is 5.82 Å². The Bertz CT molecular complexity index is 1670. The summed E-state index contributed by atoms with van der Waals surface area (Å²) < 4.78 is 41.3. The Hall–Kier alpha value is -3.50. The van der Waals surface area contributed by atoms with Crippen LogP contribution in [0.25, 0.3) is 11.1 Å². The van der Waals surface area contributed by atoms with Crippen molar-refractivity contribution in [3.63, 3.8) is 0 Å². The minimum Gasteiger partial charge on any atom is -0.376 e. The molecule has 1 N–H and O–H groups in total. The van der Waals surface area contributed by atoms with Gasteiger partial charge in [0.05, 0.1) is 18.0 Å². The summed E-state index contributed by atoms with van der Waals surface area (Å²) in [7, 11) is -3.99. The second kappa shape index (κ2) is 12.5. The third-order valence-electron chi connectivity index (χ3n) is 9.16. The molecule has 2 aliphatic carbocycles. The number of carbonyl (C=O) groups excluding carboxylic acids is 1. The van der Waals surface area contributed by atoms with Crippen molar-refractivity contribution in [2.75, 3.05) is 11.3 Å². The molecule has 3 aromatic rings. The SMILES string of the molecule is CCCCC1=NC2(CCCC2)C(=O)N1Cc1ccc(-c2ccccc2S(=O)(=O)Nc2noc(C)c2C)c(COCC2CC2)c1. The second-order valence-electron chi connectivity index (χ2n) is 12.5. The number of ether oxygens (including phenoxy) is 1. The van der Waals surface area contributed by atoms with Crippen molar-refractivity contribution >= 4 is 27.6 Å². The molecule has 1 amide bonds. The zero-order valence-electron chi connectivity index (χ0n) is 25.9. The van der Waals surface area contributed by atoms with E-state index in [-0.39, 0.29) is 16.6 Å². The highest BCUT2D eigenvalue weighted by molar-refractivity contribution is 7.92. The lowest BCUT2D eigenvalue weighted by atomic mass is 9.96. The molecule has 2 saturated carbocycles. The number of amides is 1. The van der Waals surface area contributed by atoms with Crippen LogP contribution >= 0.6 is 0 Å². The lowest BCUT2D eigenvalue weighted by molar-refractivity contribution is -0.131. The summed E-state index contributed by atoms with van der Waals surface area (Å²) in [5, 5.41) is 3.90. The van der Waals surface area contributed by atoms with Gasteiger partial charge in [-0.15, -0.1) is 0 Å². The summed E-state index contributed by atoms with van der Waals surface area (Å²) in [5.41, 5.74) is 3.26. The monoisotopic (exact) mass is 618 g/mol. The molecule has 0 atom stereocenters. The number of rotatable bonds is 13. The van der Waals surface area contributed by atoms with E-state index in [2.05, 4.69) is 22.9 Å². The molecule has 10 heteroatoms. The van der Waals surface area contributed by atoms with Gasteiger partial charge in [0.25, 0.3) is 15.9 Å². The minimum absolute atomic E-state index is 0.123. The molecule has 0 radical (unpaired) electrons. The summed E-state index contributed by atoms with van der Waals surface area (Å²) >= 11 is 0. The van der Waals surface area contributed by atoms with Crippen molar-refractivity contribution in [1.82, 2.24) is 10.1 Å². The number of carbonyl (C=O) groups is 1. The molecule has 2 fully saturated rings. The fourth-order valence-corrected chi connectivity index (χ4v) is 7.53. The highest BCUT2D eigenvalue weighted by Gasteiger charge is 2.49. The maximum absolute atomic E-state index is 13.8. The fraction of sp³-hybridized carbons (Fsp3) is 0.500. The largest absolute Gasteiger partial charge is 0.376 e. The third-order valence-corrected chi connectivity index (χ3v) is 10.6. The molecule has 0 saturated heterocycles. The predicted octanol–water partition coefficient (Wildman–Crippen LogP) is 6.93. The molecule has 1 aromatic heterocycles. The van der Waals surface area contributed by atoms with Gasteiger partial charge in [0.1, 0.15) is 17.1 Å². The van der Waals surface area contributed by atoms with Crippen LogP contribution < -0.4 is 4.72 Å². The Kier molecular flexibility index (Phi) is 8.66. The van der Waals surface area contributed by atoms with Crippen LogP contribution in [0.5, 0.6) is 0 Å². The number of anilines is 1. The van der Waals surface area contributed by atoms with E-state index in [4.69, 9.17) is 14.3 Å². The van der Waals surface area contributed by atoms with E-state index < -0.39 is 15.6 Å². The van der Waals surface area contributed by atoms with E-state index in [1.54, 1.807) is 26.0 Å². The van der Waals surface area contributed by atoms with E-state index in [1.165, 1.54) is 12.8 Å². The molecule has 2 aromatic carbocycles. The molecule has 1 spiro atoms. The fourth-order valence-electron chi connectivity index (χ4n) is 6.25. The van der Waals surface area contributed by atoms with Crippen LogP contribution in [0, 0.1) is 19.8 Å². The van der Waals surface area contributed by atoms with Crippen LogP contribution in [0.1, 0.15) is 87.2 Å². The molecule has 0 unspecified atom stereocenters. The number of sulfonamides is 1. The van der Waals surface area contributed by atoms with Crippen molar-refractivity contribution in [2.45, 2.75) is 102 Å². The first kappa shape index (κ1) is 30.5. The Morgan fingerprint density at radius 1 is 1.09 bits per heavy atom. The van der Waals surface area contributed by atoms with Gasteiger partial charge in [-0.05, 0) is 74.6 Å². The first-order chi connectivity index (χ1) is 21.2. The molecule has 44 heavy (non-hydrogen) atoms. The van der Waals surface area contributed by atoms with Crippen molar-refractivity contribution in [2.24, 2.45) is 10.9 Å². The van der Waals surface area contributed by atoms with E-state index in [1.807, 2.05) is 29.2 Å². The average Bonchev–Trinajstić information content (AvgIpc) is 3.55. The van der Waals surface area contributed by atoms with Crippen LogP contribution in [-0.2, 0) is 32.7 Å². The van der Waals surface area contributed by atoms with Crippen molar-refractivity contribution in [1.29, 1.82) is 0 Å². The number of aliphatic imine (C=N–C) groups is 1. The van der Waals surface area contributed by atoms with Crippen LogP contribution in [0.2, 0.25) is 0 Å². The number of aryl methyl sites for hydroxylation is 1. The summed E-state index contributed by atoms with van der Waals surface area (Å²) in [6.07, 6.45) is 8.90. The lowest BCUT2D eigenvalue weighted by Gasteiger charge is -2.23. The van der Waals surface area contributed by atoms with Gasteiger partial charge in [-0.1, -0.05) is 67.7 Å². The van der Waals surface area contributed by atoms with Gasteiger partial charge in [0, 0.05) is 24.2 Å². The molecular formula is C34H42N4O5S. The zero-order valence-corrected chi connectivity index (χ0v) is 26.7.